The van der Waals surface area contributed by atoms with E-state index in [1.165, 1.54) is 0 Å². The fraction of sp³-hybridized carbons (Fsp3) is 0.579. The molecule has 0 spiro atoms. The van der Waals surface area contributed by atoms with E-state index in [2.05, 4.69) is 27.9 Å². The van der Waals surface area contributed by atoms with Gasteiger partial charge in [0.15, 0.2) is 0 Å². The van der Waals surface area contributed by atoms with Crippen LogP contribution in [0.25, 0.3) is 0 Å². The Morgan fingerprint density at radius 1 is 1.04 bits per heavy atom. The summed E-state index contributed by atoms with van der Waals surface area (Å²) >= 11 is 0. The molecule has 6 heteroatoms. The van der Waals surface area contributed by atoms with Gasteiger partial charge in [-0.05, 0) is 62.7 Å². The Balaban J connectivity index is 1.79. The SMILES string of the molecule is CN1CCC(NC(=O)Nc2ccc(NC(=O)CC(C)(C)C)cc2)CC1. The van der Waals surface area contributed by atoms with Gasteiger partial charge in [-0.3, -0.25) is 4.79 Å². The van der Waals surface area contributed by atoms with Crippen molar-refractivity contribution < 1.29 is 9.59 Å². The summed E-state index contributed by atoms with van der Waals surface area (Å²) < 4.78 is 0. The summed E-state index contributed by atoms with van der Waals surface area (Å²) in [6, 6.07) is 7.23. The summed E-state index contributed by atoms with van der Waals surface area (Å²) in [7, 11) is 2.10. The summed E-state index contributed by atoms with van der Waals surface area (Å²) in [4.78, 5) is 26.3. The Morgan fingerprint density at radius 2 is 1.56 bits per heavy atom. The lowest BCUT2D eigenvalue weighted by molar-refractivity contribution is -0.117. The fourth-order valence-corrected chi connectivity index (χ4v) is 2.83. The second kappa shape index (κ2) is 8.34. The lowest BCUT2D eigenvalue weighted by Gasteiger charge is -2.29. The molecule has 1 fully saturated rings. The molecule has 138 valence electrons. The number of likely N-dealkylation sites (tertiary alicyclic amines) is 1. The number of anilines is 2. The van der Waals surface area contributed by atoms with Crippen molar-refractivity contribution in [1.82, 2.24) is 10.2 Å². The molecule has 0 aliphatic carbocycles. The molecular formula is C19H30N4O2. The molecule has 2 rings (SSSR count). The topological polar surface area (TPSA) is 73.5 Å². The van der Waals surface area contributed by atoms with Crippen molar-refractivity contribution in [2.45, 2.75) is 46.1 Å². The maximum atomic E-state index is 12.1. The van der Waals surface area contributed by atoms with Crippen molar-refractivity contribution in [3.05, 3.63) is 24.3 Å². The highest BCUT2D eigenvalue weighted by atomic mass is 16.2. The Kier molecular flexibility index (Phi) is 6.42. The van der Waals surface area contributed by atoms with Gasteiger partial charge < -0.3 is 20.9 Å². The maximum Gasteiger partial charge on any atom is 0.319 e. The molecule has 1 aliphatic heterocycles. The third-order valence-corrected chi connectivity index (χ3v) is 4.17. The number of hydrogen-bond donors (Lipinski definition) is 3. The van der Waals surface area contributed by atoms with E-state index in [0.29, 0.717) is 12.1 Å². The van der Waals surface area contributed by atoms with Crippen molar-refractivity contribution in [3.63, 3.8) is 0 Å². The number of amides is 3. The number of hydrogen-bond acceptors (Lipinski definition) is 3. The summed E-state index contributed by atoms with van der Waals surface area (Å²) in [6.45, 7) is 8.11. The number of carbonyl (C=O) groups is 2. The summed E-state index contributed by atoms with van der Waals surface area (Å²) in [5.41, 5.74) is 1.40. The summed E-state index contributed by atoms with van der Waals surface area (Å²) in [5.74, 6) is -0.00628. The van der Waals surface area contributed by atoms with Gasteiger partial charge in [0.25, 0.3) is 0 Å². The van der Waals surface area contributed by atoms with Crippen LogP contribution < -0.4 is 16.0 Å². The number of benzene rings is 1. The van der Waals surface area contributed by atoms with Crippen LogP contribution in [0.2, 0.25) is 0 Å². The van der Waals surface area contributed by atoms with Crippen LogP contribution in [0.5, 0.6) is 0 Å². The average molecular weight is 346 g/mol. The second-order valence-electron chi connectivity index (χ2n) is 8.04. The van der Waals surface area contributed by atoms with Crippen molar-refractivity contribution in [2.75, 3.05) is 30.8 Å². The molecule has 0 atom stereocenters. The van der Waals surface area contributed by atoms with Crippen molar-refractivity contribution in [2.24, 2.45) is 5.41 Å². The van der Waals surface area contributed by atoms with E-state index in [1.807, 2.05) is 20.8 Å². The number of carbonyl (C=O) groups excluding carboxylic acids is 2. The predicted molar refractivity (Wildman–Crippen MR) is 102 cm³/mol. The molecule has 6 nitrogen and oxygen atoms in total. The number of piperidine rings is 1. The van der Waals surface area contributed by atoms with Crippen molar-refractivity contribution in [3.8, 4) is 0 Å². The first-order valence-electron chi connectivity index (χ1n) is 8.87. The van der Waals surface area contributed by atoms with E-state index in [4.69, 9.17) is 0 Å². The smallest absolute Gasteiger partial charge is 0.319 e. The standard InChI is InChI=1S/C19H30N4O2/c1-19(2,3)13-17(24)20-14-5-7-15(8-6-14)21-18(25)22-16-9-11-23(4)12-10-16/h5-8,16H,9-13H2,1-4H3,(H,20,24)(H2,21,22,25). The number of nitrogens with zero attached hydrogens (tertiary/aromatic N) is 1. The molecule has 1 aromatic rings. The van der Waals surface area contributed by atoms with Crippen LogP contribution in [0.4, 0.5) is 16.2 Å². The van der Waals surface area contributed by atoms with Gasteiger partial charge >= 0.3 is 6.03 Å². The number of nitrogens with one attached hydrogen (secondary N) is 3. The van der Waals surface area contributed by atoms with Crippen LogP contribution in [0.15, 0.2) is 24.3 Å². The monoisotopic (exact) mass is 346 g/mol. The third-order valence-electron chi connectivity index (χ3n) is 4.17. The van der Waals surface area contributed by atoms with Gasteiger partial charge in [-0.1, -0.05) is 20.8 Å². The minimum absolute atomic E-state index is 0.00628. The zero-order chi connectivity index (χ0) is 18.4. The molecule has 25 heavy (non-hydrogen) atoms. The molecule has 0 aromatic heterocycles. The van der Waals surface area contributed by atoms with E-state index in [0.717, 1.165) is 31.6 Å². The minimum Gasteiger partial charge on any atom is -0.335 e. The quantitative estimate of drug-likeness (QED) is 0.783. The van der Waals surface area contributed by atoms with E-state index >= 15 is 0 Å². The van der Waals surface area contributed by atoms with Crippen LogP contribution >= 0.6 is 0 Å². The van der Waals surface area contributed by atoms with Crippen molar-refractivity contribution in [1.29, 1.82) is 0 Å². The Morgan fingerprint density at radius 3 is 2.08 bits per heavy atom. The zero-order valence-corrected chi connectivity index (χ0v) is 15.7. The predicted octanol–water partition coefficient (Wildman–Crippen LogP) is 3.28. The summed E-state index contributed by atoms with van der Waals surface area (Å²) in [5, 5.41) is 8.73. The zero-order valence-electron chi connectivity index (χ0n) is 15.7. The molecule has 1 heterocycles. The normalized spacial score (nSPS) is 16.3. The average Bonchev–Trinajstić information content (AvgIpc) is 2.49. The Bertz CT molecular complexity index is 584. The first-order valence-corrected chi connectivity index (χ1v) is 8.87. The number of rotatable bonds is 4. The second-order valence-corrected chi connectivity index (χ2v) is 8.04. The Labute approximate surface area is 150 Å². The molecule has 0 radical (unpaired) electrons. The van der Waals surface area contributed by atoms with E-state index < -0.39 is 0 Å². The van der Waals surface area contributed by atoms with E-state index in [-0.39, 0.29) is 23.4 Å². The highest BCUT2D eigenvalue weighted by Crippen LogP contribution is 2.20. The minimum atomic E-state index is -0.181. The van der Waals surface area contributed by atoms with Crippen LogP contribution in [-0.2, 0) is 4.79 Å². The molecule has 1 aromatic carbocycles. The van der Waals surface area contributed by atoms with Gasteiger partial charge in [-0.15, -0.1) is 0 Å². The Hall–Kier alpha value is -2.08. The molecule has 3 N–H and O–H groups in total. The van der Waals surface area contributed by atoms with Gasteiger partial charge in [0, 0.05) is 23.8 Å². The molecular weight excluding hydrogens is 316 g/mol. The largest absolute Gasteiger partial charge is 0.335 e. The third kappa shape index (κ3) is 7.13. The van der Waals surface area contributed by atoms with Crippen LogP contribution in [0.1, 0.15) is 40.0 Å². The van der Waals surface area contributed by atoms with Crippen LogP contribution in [0.3, 0.4) is 0 Å². The van der Waals surface area contributed by atoms with Crippen LogP contribution in [-0.4, -0.2) is 43.0 Å². The van der Waals surface area contributed by atoms with E-state index in [1.54, 1.807) is 24.3 Å². The fourth-order valence-electron chi connectivity index (χ4n) is 2.83. The molecule has 0 unspecified atom stereocenters. The summed E-state index contributed by atoms with van der Waals surface area (Å²) in [6.07, 6.45) is 2.41. The van der Waals surface area contributed by atoms with Gasteiger partial charge in [0.2, 0.25) is 5.91 Å². The molecule has 3 amide bonds. The maximum absolute atomic E-state index is 12.1. The molecule has 1 saturated heterocycles. The van der Waals surface area contributed by atoms with Gasteiger partial charge in [0.05, 0.1) is 0 Å². The highest BCUT2D eigenvalue weighted by Gasteiger charge is 2.18. The highest BCUT2D eigenvalue weighted by molar-refractivity contribution is 5.92. The molecule has 1 aliphatic rings. The molecule has 0 bridgehead atoms. The van der Waals surface area contributed by atoms with Gasteiger partial charge in [0.1, 0.15) is 0 Å². The van der Waals surface area contributed by atoms with E-state index in [9.17, 15) is 9.59 Å². The first kappa shape index (κ1) is 19.2. The molecule has 0 saturated carbocycles. The number of urea groups is 1. The van der Waals surface area contributed by atoms with Crippen molar-refractivity contribution >= 4 is 23.3 Å². The lowest BCUT2D eigenvalue weighted by Crippen LogP contribution is -2.44. The lowest BCUT2D eigenvalue weighted by atomic mass is 9.92. The first-order chi connectivity index (χ1) is 11.7. The van der Waals surface area contributed by atoms with Gasteiger partial charge in [-0.25, -0.2) is 4.79 Å². The van der Waals surface area contributed by atoms with Crippen LogP contribution in [0, 0.1) is 5.41 Å². The van der Waals surface area contributed by atoms with Gasteiger partial charge in [-0.2, -0.15) is 0 Å².